The van der Waals surface area contributed by atoms with Gasteiger partial charge < -0.3 is 10.6 Å². The third-order valence-electron chi connectivity index (χ3n) is 2.40. The van der Waals surface area contributed by atoms with Gasteiger partial charge >= 0.3 is 0 Å². The lowest BCUT2D eigenvalue weighted by Gasteiger charge is -2.08. The normalized spacial score (nSPS) is 10.5. The highest BCUT2D eigenvalue weighted by molar-refractivity contribution is 5.92. The Labute approximate surface area is 97.2 Å². The maximum Gasteiger partial charge on any atom is 0.238 e. The van der Waals surface area contributed by atoms with Crippen molar-refractivity contribution in [1.82, 2.24) is 5.32 Å². The standard InChI is InChI=1S/C13H20N2O/c1-4-14-9-13(16)15-12-7-5-11(6-8-12)10(2)3/h5-8,10,14H,4,9H2,1-3H3,(H,15,16). The molecule has 0 radical (unpaired) electrons. The van der Waals surface area contributed by atoms with Crippen molar-refractivity contribution in [3.63, 3.8) is 0 Å². The van der Waals surface area contributed by atoms with Crippen molar-refractivity contribution >= 4 is 11.6 Å². The summed E-state index contributed by atoms with van der Waals surface area (Å²) in [6, 6.07) is 7.99. The molecule has 1 amide bonds. The molecular formula is C13H20N2O. The van der Waals surface area contributed by atoms with Crippen LogP contribution in [0.2, 0.25) is 0 Å². The Morgan fingerprint density at radius 2 is 1.88 bits per heavy atom. The summed E-state index contributed by atoms with van der Waals surface area (Å²) in [5, 5.41) is 5.83. The van der Waals surface area contributed by atoms with Crippen LogP contribution in [-0.2, 0) is 4.79 Å². The fourth-order valence-electron chi connectivity index (χ4n) is 1.40. The van der Waals surface area contributed by atoms with Crippen molar-refractivity contribution in [2.75, 3.05) is 18.4 Å². The molecule has 0 aliphatic carbocycles. The van der Waals surface area contributed by atoms with Crippen molar-refractivity contribution in [3.05, 3.63) is 29.8 Å². The van der Waals surface area contributed by atoms with Crippen molar-refractivity contribution < 1.29 is 4.79 Å². The van der Waals surface area contributed by atoms with Gasteiger partial charge in [-0.2, -0.15) is 0 Å². The van der Waals surface area contributed by atoms with Crippen LogP contribution in [0, 0.1) is 0 Å². The fourth-order valence-corrected chi connectivity index (χ4v) is 1.40. The van der Waals surface area contributed by atoms with Crippen LogP contribution in [0.4, 0.5) is 5.69 Å². The van der Waals surface area contributed by atoms with E-state index in [1.807, 2.05) is 31.2 Å². The first-order valence-corrected chi connectivity index (χ1v) is 5.74. The minimum atomic E-state index is -0.000790. The first-order chi connectivity index (χ1) is 7.63. The second kappa shape index (κ2) is 6.28. The predicted octanol–water partition coefficient (Wildman–Crippen LogP) is 2.36. The Hall–Kier alpha value is -1.35. The zero-order chi connectivity index (χ0) is 12.0. The third kappa shape index (κ3) is 4.03. The number of hydrogen-bond acceptors (Lipinski definition) is 2. The number of carbonyl (C=O) groups excluding carboxylic acids is 1. The highest BCUT2D eigenvalue weighted by Gasteiger charge is 2.02. The predicted molar refractivity (Wildman–Crippen MR) is 67.7 cm³/mol. The van der Waals surface area contributed by atoms with Crippen LogP contribution in [0.5, 0.6) is 0 Å². The fraction of sp³-hybridized carbons (Fsp3) is 0.462. The summed E-state index contributed by atoms with van der Waals surface area (Å²) >= 11 is 0. The summed E-state index contributed by atoms with van der Waals surface area (Å²) in [4.78, 5) is 11.4. The van der Waals surface area contributed by atoms with Crippen molar-refractivity contribution in [3.8, 4) is 0 Å². The molecule has 1 rings (SSSR count). The van der Waals surface area contributed by atoms with E-state index in [9.17, 15) is 4.79 Å². The van der Waals surface area contributed by atoms with Crippen LogP contribution in [0.1, 0.15) is 32.3 Å². The summed E-state index contributed by atoms with van der Waals surface area (Å²) in [6.07, 6.45) is 0. The zero-order valence-electron chi connectivity index (χ0n) is 10.2. The van der Waals surface area contributed by atoms with Gasteiger partial charge in [-0.15, -0.1) is 0 Å². The second-order valence-corrected chi connectivity index (χ2v) is 4.11. The maximum atomic E-state index is 11.4. The highest BCUT2D eigenvalue weighted by atomic mass is 16.1. The van der Waals surface area contributed by atoms with Gasteiger partial charge in [0.2, 0.25) is 5.91 Å². The molecule has 2 N–H and O–H groups in total. The van der Waals surface area contributed by atoms with E-state index in [2.05, 4.69) is 24.5 Å². The third-order valence-corrected chi connectivity index (χ3v) is 2.40. The molecule has 88 valence electrons. The van der Waals surface area contributed by atoms with E-state index in [0.29, 0.717) is 12.5 Å². The first kappa shape index (κ1) is 12.7. The summed E-state index contributed by atoms with van der Waals surface area (Å²) in [5.41, 5.74) is 2.14. The Morgan fingerprint density at radius 3 is 2.38 bits per heavy atom. The highest BCUT2D eigenvalue weighted by Crippen LogP contribution is 2.16. The molecule has 1 aromatic carbocycles. The molecule has 0 atom stereocenters. The number of carbonyl (C=O) groups is 1. The number of rotatable bonds is 5. The van der Waals surface area contributed by atoms with E-state index in [0.717, 1.165) is 12.2 Å². The van der Waals surface area contributed by atoms with Gasteiger partial charge in [-0.1, -0.05) is 32.9 Å². The number of nitrogens with one attached hydrogen (secondary N) is 2. The van der Waals surface area contributed by atoms with Gasteiger partial charge in [0.1, 0.15) is 0 Å². The number of hydrogen-bond donors (Lipinski definition) is 2. The van der Waals surface area contributed by atoms with Crippen LogP contribution in [0.25, 0.3) is 0 Å². The van der Waals surface area contributed by atoms with E-state index < -0.39 is 0 Å². The second-order valence-electron chi connectivity index (χ2n) is 4.11. The topological polar surface area (TPSA) is 41.1 Å². The molecule has 0 heterocycles. The molecule has 0 unspecified atom stereocenters. The van der Waals surface area contributed by atoms with Gasteiger partial charge in [-0.25, -0.2) is 0 Å². The zero-order valence-corrected chi connectivity index (χ0v) is 10.2. The summed E-state index contributed by atoms with van der Waals surface area (Å²) in [5.74, 6) is 0.519. The molecule has 3 heteroatoms. The van der Waals surface area contributed by atoms with Gasteiger partial charge in [0.25, 0.3) is 0 Å². The average molecular weight is 220 g/mol. The first-order valence-electron chi connectivity index (χ1n) is 5.74. The van der Waals surface area contributed by atoms with Gasteiger partial charge in [-0.05, 0) is 30.2 Å². The van der Waals surface area contributed by atoms with Crippen LogP contribution in [0.3, 0.4) is 0 Å². The molecule has 0 bridgehead atoms. The monoisotopic (exact) mass is 220 g/mol. The van der Waals surface area contributed by atoms with E-state index in [1.54, 1.807) is 0 Å². The van der Waals surface area contributed by atoms with Gasteiger partial charge in [0.15, 0.2) is 0 Å². The number of benzene rings is 1. The molecule has 0 saturated carbocycles. The smallest absolute Gasteiger partial charge is 0.238 e. The molecule has 1 aromatic rings. The van der Waals surface area contributed by atoms with Gasteiger partial charge in [0, 0.05) is 5.69 Å². The van der Waals surface area contributed by atoms with Crippen LogP contribution >= 0.6 is 0 Å². The average Bonchev–Trinajstić information content (AvgIpc) is 2.27. The van der Waals surface area contributed by atoms with E-state index in [4.69, 9.17) is 0 Å². The minimum Gasteiger partial charge on any atom is -0.325 e. The Morgan fingerprint density at radius 1 is 1.25 bits per heavy atom. The lowest BCUT2D eigenvalue weighted by Crippen LogP contribution is -2.27. The van der Waals surface area contributed by atoms with Crippen molar-refractivity contribution in [2.45, 2.75) is 26.7 Å². The summed E-state index contributed by atoms with van der Waals surface area (Å²) < 4.78 is 0. The van der Waals surface area contributed by atoms with Crippen molar-refractivity contribution in [1.29, 1.82) is 0 Å². The Balaban J connectivity index is 2.51. The van der Waals surface area contributed by atoms with Crippen LogP contribution in [-0.4, -0.2) is 19.0 Å². The molecule has 0 aliphatic rings. The number of amides is 1. The lowest BCUT2D eigenvalue weighted by atomic mass is 10.0. The van der Waals surface area contributed by atoms with E-state index in [1.165, 1.54) is 5.56 Å². The van der Waals surface area contributed by atoms with Crippen LogP contribution in [0.15, 0.2) is 24.3 Å². The number of likely N-dealkylation sites (N-methyl/N-ethyl adjacent to an activating group) is 1. The molecule has 0 fully saturated rings. The summed E-state index contributed by atoms with van der Waals surface area (Å²) in [7, 11) is 0. The Kier molecular flexibility index (Phi) is 4.99. The lowest BCUT2D eigenvalue weighted by molar-refractivity contribution is -0.115. The molecule has 0 aromatic heterocycles. The van der Waals surface area contributed by atoms with E-state index >= 15 is 0 Å². The Bertz CT molecular complexity index is 330. The molecule has 3 nitrogen and oxygen atoms in total. The van der Waals surface area contributed by atoms with E-state index in [-0.39, 0.29) is 5.91 Å². The molecular weight excluding hydrogens is 200 g/mol. The maximum absolute atomic E-state index is 11.4. The SMILES string of the molecule is CCNCC(=O)Nc1ccc(C(C)C)cc1. The van der Waals surface area contributed by atoms with Gasteiger partial charge in [-0.3, -0.25) is 4.79 Å². The van der Waals surface area contributed by atoms with Crippen molar-refractivity contribution in [2.24, 2.45) is 0 Å². The molecule has 0 saturated heterocycles. The number of anilines is 1. The largest absolute Gasteiger partial charge is 0.325 e. The quantitative estimate of drug-likeness (QED) is 0.799. The minimum absolute atomic E-state index is 0.000790. The molecule has 0 aliphatic heterocycles. The molecule has 16 heavy (non-hydrogen) atoms. The van der Waals surface area contributed by atoms with Gasteiger partial charge in [0.05, 0.1) is 6.54 Å². The molecule has 0 spiro atoms. The summed E-state index contributed by atoms with van der Waals surface area (Å²) in [6.45, 7) is 7.45. The van der Waals surface area contributed by atoms with Crippen LogP contribution < -0.4 is 10.6 Å².